The largest absolute Gasteiger partial charge is 0.491 e. The van der Waals surface area contributed by atoms with Gasteiger partial charge in [-0.25, -0.2) is 4.79 Å². The number of nitrogens with zero attached hydrogens (tertiary/aromatic N) is 1. The van der Waals surface area contributed by atoms with Crippen molar-refractivity contribution in [3.8, 4) is 5.75 Å². The Morgan fingerprint density at radius 1 is 1.14 bits per heavy atom. The van der Waals surface area contributed by atoms with Gasteiger partial charge in [0.2, 0.25) is 5.91 Å². The monoisotopic (exact) mass is 403 g/mol. The summed E-state index contributed by atoms with van der Waals surface area (Å²) in [6, 6.07) is 12.1. The van der Waals surface area contributed by atoms with E-state index in [1.807, 2.05) is 12.1 Å². The zero-order valence-electron chi connectivity index (χ0n) is 16.7. The van der Waals surface area contributed by atoms with Crippen LogP contribution in [0.1, 0.15) is 42.3 Å². The summed E-state index contributed by atoms with van der Waals surface area (Å²) in [5.74, 6) is -0.453. The lowest BCUT2D eigenvalue weighted by Gasteiger charge is -2.24. The lowest BCUT2D eigenvalue weighted by molar-refractivity contribution is -0.129. The molecule has 2 rings (SSSR count). The lowest BCUT2D eigenvalue weighted by atomic mass is 9.86. The normalized spacial score (nSPS) is 11.2. The highest BCUT2D eigenvalue weighted by Gasteiger charge is 2.20. The van der Waals surface area contributed by atoms with E-state index in [0.717, 1.165) is 11.3 Å². The fourth-order valence-corrected chi connectivity index (χ4v) is 2.98. The molecule has 0 aliphatic heterocycles. The number of likely N-dealkylation sites (N-methyl/N-ethyl adjacent to an activating group) is 1. The number of carbonyl (C=O) groups excluding carboxylic acids is 1. The van der Waals surface area contributed by atoms with E-state index in [1.165, 1.54) is 6.07 Å². The number of amides is 1. The lowest BCUT2D eigenvalue weighted by Crippen LogP contribution is -2.32. The van der Waals surface area contributed by atoms with Crippen molar-refractivity contribution in [1.29, 1.82) is 0 Å². The first kappa shape index (κ1) is 21.8. The topological polar surface area (TPSA) is 66.8 Å². The number of hydrogen-bond donors (Lipinski definition) is 1. The van der Waals surface area contributed by atoms with Crippen molar-refractivity contribution in [3.05, 3.63) is 64.2 Å². The van der Waals surface area contributed by atoms with Crippen LogP contribution in [0.25, 0.3) is 0 Å². The van der Waals surface area contributed by atoms with Crippen LogP contribution in [-0.4, -0.2) is 42.1 Å². The van der Waals surface area contributed by atoms with Crippen LogP contribution in [0.15, 0.2) is 42.5 Å². The molecule has 0 radical (unpaired) electrons. The number of ether oxygens (including phenoxy) is 1. The van der Waals surface area contributed by atoms with Crippen molar-refractivity contribution in [2.75, 3.05) is 20.2 Å². The SMILES string of the molecule is CN(CCOc1ccc(Cl)cc1C(C)(C)C)C(=O)Cc1ccccc1C(=O)O. The van der Waals surface area contributed by atoms with Gasteiger partial charge in [-0.3, -0.25) is 4.79 Å². The zero-order chi connectivity index (χ0) is 20.9. The van der Waals surface area contributed by atoms with Crippen LogP contribution in [0, 0.1) is 0 Å². The van der Waals surface area contributed by atoms with Crippen LogP contribution in [0.4, 0.5) is 0 Å². The molecule has 2 aromatic carbocycles. The van der Waals surface area contributed by atoms with Crippen LogP contribution in [0.5, 0.6) is 5.75 Å². The molecule has 28 heavy (non-hydrogen) atoms. The predicted octanol–water partition coefficient (Wildman–Crippen LogP) is 4.42. The fourth-order valence-electron chi connectivity index (χ4n) is 2.81. The Labute approximate surface area is 170 Å². The summed E-state index contributed by atoms with van der Waals surface area (Å²) in [6.45, 7) is 6.97. The molecule has 0 aromatic heterocycles. The van der Waals surface area contributed by atoms with Crippen molar-refractivity contribution in [3.63, 3.8) is 0 Å². The van der Waals surface area contributed by atoms with Crippen LogP contribution < -0.4 is 4.74 Å². The number of halogens is 1. The summed E-state index contributed by atoms with van der Waals surface area (Å²) in [6.07, 6.45) is 0.0349. The highest BCUT2D eigenvalue weighted by atomic mass is 35.5. The van der Waals surface area contributed by atoms with Gasteiger partial charge in [-0.1, -0.05) is 50.6 Å². The molecule has 0 bridgehead atoms. The number of rotatable bonds is 7. The zero-order valence-corrected chi connectivity index (χ0v) is 17.4. The second-order valence-corrected chi connectivity index (χ2v) is 8.13. The summed E-state index contributed by atoms with van der Waals surface area (Å²) in [5.41, 5.74) is 1.53. The number of carboxylic acid groups (broad SMARTS) is 1. The molecule has 0 unspecified atom stereocenters. The van der Waals surface area contributed by atoms with E-state index in [1.54, 1.807) is 36.2 Å². The highest BCUT2D eigenvalue weighted by molar-refractivity contribution is 6.30. The smallest absolute Gasteiger partial charge is 0.335 e. The van der Waals surface area contributed by atoms with E-state index in [0.29, 0.717) is 23.7 Å². The Kier molecular flexibility index (Phi) is 7.08. The third-order valence-electron chi connectivity index (χ3n) is 4.45. The molecule has 0 heterocycles. The first-order valence-electron chi connectivity index (χ1n) is 9.07. The molecule has 0 saturated carbocycles. The van der Waals surface area contributed by atoms with Crippen LogP contribution >= 0.6 is 11.6 Å². The molecular weight excluding hydrogens is 378 g/mol. The number of aromatic carboxylic acids is 1. The predicted molar refractivity (Wildman–Crippen MR) is 110 cm³/mol. The van der Waals surface area contributed by atoms with E-state index in [4.69, 9.17) is 16.3 Å². The molecule has 0 saturated heterocycles. The fraction of sp³-hybridized carbons (Fsp3) is 0.364. The van der Waals surface area contributed by atoms with E-state index < -0.39 is 5.97 Å². The molecule has 0 spiro atoms. The van der Waals surface area contributed by atoms with Gasteiger partial charge in [-0.15, -0.1) is 0 Å². The summed E-state index contributed by atoms with van der Waals surface area (Å²) >= 11 is 6.11. The maximum absolute atomic E-state index is 12.5. The number of carboxylic acids is 1. The van der Waals surface area contributed by atoms with E-state index in [2.05, 4.69) is 20.8 Å². The van der Waals surface area contributed by atoms with Gasteiger partial charge >= 0.3 is 5.97 Å². The standard InChI is InChI=1S/C22H26ClNO4/c1-22(2,3)18-14-16(23)9-10-19(18)28-12-11-24(4)20(25)13-15-7-5-6-8-17(15)21(26)27/h5-10,14H,11-13H2,1-4H3,(H,26,27). The molecule has 0 aliphatic carbocycles. The van der Waals surface area contributed by atoms with Gasteiger partial charge in [-0.2, -0.15) is 0 Å². The van der Waals surface area contributed by atoms with E-state index in [-0.39, 0.29) is 23.3 Å². The summed E-state index contributed by atoms with van der Waals surface area (Å²) in [5, 5.41) is 9.90. The van der Waals surface area contributed by atoms with Crippen LogP contribution in [-0.2, 0) is 16.6 Å². The molecular formula is C22H26ClNO4. The Morgan fingerprint density at radius 2 is 1.82 bits per heavy atom. The van der Waals surface area contributed by atoms with Crippen molar-refractivity contribution in [1.82, 2.24) is 4.90 Å². The van der Waals surface area contributed by atoms with Gasteiger partial charge in [-0.05, 0) is 35.2 Å². The third kappa shape index (κ3) is 5.73. The van der Waals surface area contributed by atoms with Gasteiger partial charge in [0.1, 0.15) is 12.4 Å². The third-order valence-corrected chi connectivity index (χ3v) is 4.68. The van der Waals surface area contributed by atoms with Crippen LogP contribution in [0.3, 0.4) is 0 Å². The molecule has 1 N–H and O–H groups in total. The molecule has 150 valence electrons. The second kappa shape index (κ2) is 9.11. The number of benzene rings is 2. The number of carbonyl (C=O) groups is 2. The summed E-state index contributed by atoms with van der Waals surface area (Å²) in [4.78, 5) is 25.3. The van der Waals surface area contributed by atoms with Crippen molar-refractivity contribution in [2.45, 2.75) is 32.6 Å². The minimum Gasteiger partial charge on any atom is -0.491 e. The van der Waals surface area contributed by atoms with E-state index in [9.17, 15) is 14.7 Å². The molecule has 1 amide bonds. The first-order valence-corrected chi connectivity index (χ1v) is 9.45. The molecule has 6 heteroatoms. The molecule has 0 atom stereocenters. The highest BCUT2D eigenvalue weighted by Crippen LogP contribution is 2.33. The van der Waals surface area contributed by atoms with Gasteiger partial charge in [0.15, 0.2) is 0 Å². The van der Waals surface area contributed by atoms with Gasteiger partial charge in [0, 0.05) is 17.6 Å². The average Bonchev–Trinajstić information content (AvgIpc) is 2.62. The van der Waals surface area contributed by atoms with Gasteiger partial charge in [0.25, 0.3) is 0 Å². The van der Waals surface area contributed by atoms with Gasteiger partial charge < -0.3 is 14.7 Å². The Morgan fingerprint density at radius 3 is 2.46 bits per heavy atom. The van der Waals surface area contributed by atoms with Crippen molar-refractivity contribution in [2.24, 2.45) is 0 Å². The molecule has 0 aliphatic rings. The van der Waals surface area contributed by atoms with Crippen LogP contribution in [0.2, 0.25) is 5.02 Å². The maximum atomic E-state index is 12.5. The van der Waals surface area contributed by atoms with Crippen molar-refractivity contribution < 1.29 is 19.4 Å². The minimum atomic E-state index is -1.04. The van der Waals surface area contributed by atoms with Gasteiger partial charge in [0.05, 0.1) is 18.5 Å². The molecule has 0 fully saturated rings. The maximum Gasteiger partial charge on any atom is 0.335 e. The molecule has 2 aromatic rings. The number of hydrogen-bond acceptors (Lipinski definition) is 3. The second-order valence-electron chi connectivity index (χ2n) is 7.69. The summed E-state index contributed by atoms with van der Waals surface area (Å²) < 4.78 is 5.90. The Bertz CT molecular complexity index is 858. The Hall–Kier alpha value is -2.53. The summed E-state index contributed by atoms with van der Waals surface area (Å²) in [7, 11) is 1.68. The Balaban J connectivity index is 1.97. The average molecular weight is 404 g/mol. The minimum absolute atomic E-state index is 0.0349. The van der Waals surface area contributed by atoms with E-state index >= 15 is 0 Å². The quantitative estimate of drug-likeness (QED) is 0.743. The first-order chi connectivity index (χ1) is 13.1. The van der Waals surface area contributed by atoms with Crippen molar-refractivity contribution >= 4 is 23.5 Å². The molecule has 5 nitrogen and oxygen atoms in total.